The molecule has 1 atom stereocenters. The molecule has 26 heavy (non-hydrogen) atoms. The van der Waals surface area contributed by atoms with E-state index in [1.165, 1.54) is 5.56 Å². The van der Waals surface area contributed by atoms with Crippen LogP contribution in [0.1, 0.15) is 37.7 Å². The number of likely N-dealkylation sites (tertiary alicyclic amines) is 2. The van der Waals surface area contributed by atoms with Crippen LogP contribution in [0.2, 0.25) is 0 Å². The van der Waals surface area contributed by atoms with Crippen LogP contribution in [0.5, 0.6) is 0 Å². The summed E-state index contributed by atoms with van der Waals surface area (Å²) in [4.78, 5) is 20.7. The van der Waals surface area contributed by atoms with Crippen molar-refractivity contribution in [3.05, 3.63) is 30.1 Å². The van der Waals surface area contributed by atoms with E-state index in [4.69, 9.17) is 4.74 Å². The molecule has 6 heteroatoms. The van der Waals surface area contributed by atoms with Crippen LogP contribution in [0, 0.1) is 5.41 Å². The van der Waals surface area contributed by atoms with Crippen LogP contribution in [-0.4, -0.2) is 65.8 Å². The molecule has 1 aliphatic carbocycles. The molecule has 1 aromatic heterocycles. The van der Waals surface area contributed by atoms with E-state index in [0.717, 1.165) is 39.0 Å². The summed E-state index contributed by atoms with van der Waals surface area (Å²) in [7, 11) is 1.75. The highest BCUT2D eigenvalue weighted by Crippen LogP contribution is 2.46. The number of nitrogens with zero attached hydrogens (tertiary/aromatic N) is 3. The predicted octanol–water partition coefficient (Wildman–Crippen LogP) is 2.41. The third-order valence-corrected chi connectivity index (χ3v) is 6.37. The van der Waals surface area contributed by atoms with Crippen molar-refractivity contribution >= 4 is 5.91 Å². The summed E-state index contributed by atoms with van der Waals surface area (Å²) in [5.41, 5.74) is -0.105. The second-order valence-electron chi connectivity index (χ2n) is 8.34. The summed E-state index contributed by atoms with van der Waals surface area (Å²) in [5.74, 6) is -0.272. The molecule has 3 heterocycles. The fourth-order valence-corrected chi connectivity index (χ4v) is 4.67. The van der Waals surface area contributed by atoms with Gasteiger partial charge in [-0.05, 0) is 49.1 Å². The maximum Gasteiger partial charge on any atom is 0.260 e. The Labute approximate surface area is 154 Å². The summed E-state index contributed by atoms with van der Waals surface area (Å²) in [6, 6.07) is 4.47. The molecule has 1 saturated carbocycles. The number of piperidine rings is 1. The van der Waals surface area contributed by atoms with Gasteiger partial charge in [0.05, 0.1) is 6.61 Å². The highest BCUT2D eigenvalue weighted by atomic mass is 19.1. The zero-order valence-electron chi connectivity index (χ0n) is 15.5. The minimum Gasteiger partial charge on any atom is -0.383 e. The molecule has 5 nitrogen and oxygen atoms in total. The first-order chi connectivity index (χ1) is 12.5. The molecule has 0 bridgehead atoms. The monoisotopic (exact) mass is 361 g/mol. The quantitative estimate of drug-likeness (QED) is 0.808. The summed E-state index contributed by atoms with van der Waals surface area (Å²) in [5, 5.41) is 0. The lowest BCUT2D eigenvalue weighted by molar-refractivity contribution is -0.140. The maximum absolute atomic E-state index is 14.1. The van der Waals surface area contributed by atoms with E-state index in [0.29, 0.717) is 32.0 Å². The van der Waals surface area contributed by atoms with Crippen molar-refractivity contribution in [2.75, 3.05) is 33.4 Å². The van der Waals surface area contributed by atoms with Gasteiger partial charge in [-0.3, -0.25) is 14.7 Å². The number of carbonyl (C=O) groups is 1. The number of aromatic nitrogens is 1. The highest BCUT2D eigenvalue weighted by molar-refractivity contribution is 5.88. The SMILES string of the molecule is COCC1CC2(CCN(C(=O)C3(F)CC3)CC2)CN1Cc1cccnc1. The van der Waals surface area contributed by atoms with Gasteiger partial charge in [0.1, 0.15) is 0 Å². The molecule has 3 aliphatic rings. The topological polar surface area (TPSA) is 45.7 Å². The molecule has 1 amide bonds. The molecular formula is C20H28FN3O2. The smallest absolute Gasteiger partial charge is 0.260 e. The molecular weight excluding hydrogens is 333 g/mol. The number of methoxy groups -OCH3 is 1. The summed E-state index contributed by atoms with van der Waals surface area (Å²) in [6.07, 6.45) is 7.53. The summed E-state index contributed by atoms with van der Waals surface area (Å²) in [6.45, 7) is 3.98. The number of halogens is 1. The number of pyridine rings is 1. The van der Waals surface area contributed by atoms with Gasteiger partial charge in [0.15, 0.2) is 5.67 Å². The number of carbonyl (C=O) groups excluding carboxylic acids is 1. The average molecular weight is 361 g/mol. The number of hydrogen-bond acceptors (Lipinski definition) is 4. The Morgan fingerprint density at radius 1 is 1.35 bits per heavy atom. The van der Waals surface area contributed by atoms with Gasteiger partial charge in [-0.25, -0.2) is 4.39 Å². The minimum atomic E-state index is -1.54. The van der Waals surface area contributed by atoms with Crippen molar-refractivity contribution in [3.8, 4) is 0 Å². The molecule has 1 unspecified atom stereocenters. The molecule has 4 rings (SSSR count). The summed E-state index contributed by atoms with van der Waals surface area (Å²) < 4.78 is 19.6. The van der Waals surface area contributed by atoms with Crippen LogP contribution in [0.15, 0.2) is 24.5 Å². The molecule has 2 aliphatic heterocycles. The molecule has 0 N–H and O–H groups in total. The normalized spacial score (nSPS) is 27.0. The van der Waals surface area contributed by atoms with Gasteiger partial charge in [0.2, 0.25) is 0 Å². The molecule has 2 saturated heterocycles. The number of amides is 1. The number of alkyl halides is 1. The van der Waals surface area contributed by atoms with E-state index < -0.39 is 5.67 Å². The minimum absolute atomic E-state index is 0.217. The van der Waals surface area contributed by atoms with Gasteiger partial charge in [-0.15, -0.1) is 0 Å². The van der Waals surface area contributed by atoms with Gasteiger partial charge in [0.25, 0.3) is 5.91 Å². The van der Waals surface area contributed by atoms with Crippen molar-refractivity contribution in [1.29, 1.82) is 0 Å². The first-order valence-corrected chi connectivity index (χ1v) is 9.64. The zero-order valence-corrected chi connectivity index (χ0v) is 15.5. The van der Waals surface area contributed by atoms with Crippen LogP contribution in [-0.2, 0) is 16.1 Å². The second-order valence-corrected chi connectivity index (χ2v) is 8.34. The Bertz CT molecular complexity index is 642. The summed E-state index contributed by atoms with van der Waals surface area (Å²) >= 11 is 0. The van der Waals surface area contributed by atoms with Gasteiger partial charge < -0.3 is 9.64 Å². The Morgan fingerprint density at radius 2 is 2.12 bits per heavy atom. The fraction of sp³-hybridized carbons (Fsp3) is 0.700. The van der Waals surface area contributed by atoms with Crippen molar-refractivity contribution < 1.29 is 13.9 Å². The lowest BCUT2D eigenvalue weighted by atomic mass is 9.76. The van der Waals surface area contributed by atoms with Crippen LogP contribution >= 0.6 is 0 Å². The van der Waals surface area contributed by atoms with Crippen LogP contribution in [0.4, 0.5) is 4.39 Å². The number of hydrogen-bond donors (Lipinski definition) is 0. The Hall–Kier alpha value is -1.53. The van der Waals surface area contributed by atoms with Crippen LogP contribution < -0.4 is 0 Å². The molecule has 0 aromatic carbocycles. The molecule has 142 valence electrons. The zero-order chi connectivity index (χ0) is 18.2. The number of ether oxygens (including phenoxy) is 1. The first kappa shape index (κ1) is 17.9. The van der Waals surface area contributed by atoms with Crippen molar-refractivity contribution in [1.82, 2.24) is 14.8 Å². The van der Waals surface area contributed by atoms with Crippen molar-refractivity contribution in [3.63, 3.8) is 0 Å². The molecule has 1 aromatic rings. The standard InChI is InChI=1S/C20H28FN3O2/c1-26-14-17-11-19(15-24(17)13-16-3-2-8-22-12-16)6-9-23(10-7-19)18(25)20(21)4-5-20/h2-3,8,12,17H,4-7,9-11,13-15H2,1H3. The second kappa shape index (κ2) is 6.89. The van der Waals surface area contributed by atoms with E-state index in [2.05, 4.69) is 16.0 Å². The Balaban J connectivity index is 1.40. The van der Waals surface area contributed by atoms with Gasteiger partial charge in [-0.2, -0.15) is 0 Å². The van der Waals surface area contributed by atoms with Crippen molar-refractivity contribution in [2.45, 2.75) is 50.4 Å². The highest BCUT2D eigenvalue weighted by Gasteiger charge is 2.54. The predicted molar refractivity (Wildman–Crippen MR) is 96.2 cm³/mol. The van der Waals surface area contributed by atoms with Gasteiger partial charge in [0, 0.05) is 51.7 Å². The first-order valence-electron chi connectivity index (χ1n) is 9.64. The van der Waals surface area contributed by atoms with E-state index >= 15 is 0 Å². The van der Waals surface area contributed by atoms with Crippen LogP contribution in [0.3, 0.4) is 0 Å². The lowest BCUT2D eigenvalue weighted by Gasteiger charge is -2.40. The molecule has 0 radical (unpaired) electrons. The Kier molecular flexibility index (Phi) is 4.73. The molecule has 1 spiro atoms. The maximum atomic E-state index is 14.1. The largest absolute Gasteiger partial charge is 0.383 e. The van der Waals surface area contributed by atoms with E-state index in [1.54, 1.807) is 18.2 Å². The third kappa shape index (κ3) is 3.49. The van der Waals surface area contributed by atoms with Gasteiger partial charge in [-0.1, -0.05) is 6.07 Å². The average Bonchev–Trinajstić information content (AvgIpc) is 3.32. The number of rotatable bonds is 5. The molecule has 3 fully saturated rings. The van der Waals surface area contributed by atoms with E-state index in [1.807, 2.05) is 12.3 Å². The van der Waals surface area contributed by atoms with Crippen LogP contribution in [0.25, 0.3) is 0 Å². The van der Waals surface area contributed by atoms with Gasteiger partial charge >= 0.3 is 0 Å². The fourth-order valence-electron chi connectivity index (χ4n) is 4.67. The lowest BCUT2D eigenvalue weighted by Crippen LogP contribution is -2.47. The van der Waals surface area contributed by atoms with E-state index in [9.17, 15) is 9.18 Å². The Morgan fingerprint density at radius 3 is 2.73 bits per heavy atom. The van der Waals surface area contributed by atoms with E-state index in [-0.39, 0.29) is 11.3 Å². The van der Waals surface area contributed by atoms with Crippen molar-refractivity contribution in [2.24, 2.45) is 5.41 Å². The third-order valence-electron chi connectivity index (χ3n) is 6.37.